The van der Waals surface area contributed by atoms with Crippen molar-refractivity contribution in [3.63, 3.8) is 0 Å². The summed E-state index contributed by atoms with van der Waals surface area (Å²) in [4.78, 5) is 27.7. The van der Waals surface area contributed by atoms with Crippen LogP contribution in [0.4, 0.5) is 26.3 Å². The SMILES string of the molecule is CC1=C(CC(=O)O)C2=C(C(=O)c3ccc(OC(F)(F)C(F)(F)F)s3)C(O)=C(F)CC2=N1. The van der Waals surface area contributed by atoms with Gasteiger partial charge in [0, 0.05) is 17.7 Å². The summed E-state index contributed by atoms with van der Waals surface area (Å²) in [7, 11) is 0. The predicted molar refractivity (Wildman–Crippen MR) is 95.1 cm³/mol. The highest BCUT2D eigenvalue weighted by Gasteiger charge is 2.61. The number of aliphatic hydroxyl groups excluding tert-OH is 1. The maximum Gasteiger partial charge on any atom is 0.499 e. The number of rotatable bonds is 6. The third kappa shape index (κ3) is 4.09. The molecule has 0 fully saturated rings. The van der Waals surface area contributed by atoms with Crippen molar-refractivity contribution in [1.29, 1.82) is 0 Å². The Balaban J connectivity index is 2.03. The molecule has 0 radical (unpaired) electrons. The van der Waals surface area contributed by atoms with Gasteiger partial charge in [-0.2, -0.15) is 22.0 Å². The normalized spacial score (nSPS) is 17.2. The average Bonchev–Trinajstić information content (AvgIpc) is 3.19. The first kappa shape index (κ1) is 22.6. The van der Waals surface area contributed by atoms with Crippen molar-refractivity contribution in [3.8, 4) is 5.06 Å². The predicted octanol–water partition coefficient (Wildman–Crippen LogP) is 5.11. The fourth-order valence-electron chi connectivity index (χ4n) is 2.98. The van der Waals surface area contributed by atoms with Gasteiger partial charge < -0.3 is 14.9 Å². The van der Waals surface area contributed by atoms with Gasteiger partial charge in [-0.25, -0.2) is 4.39 Å². The molecular weight excluding hydrogens is 456 g/mol. The van der Waals surface area contributed by atoms with Crippen molar-refractivity contribution in [3.05, 3.63) is 51.0 Å². The Morgan fingerprint density at radius 2 is 1.87 bits per heavy atom. The van der Waals surface area contributed by atoms with Crippen LogP contribution in [-0.2, 0) is 4.79 Å². The molecule has 1 aliphatic carbocycles. The largest absolute Gasteiger partial charge is 0.505 e. The first-order valence-corrected chi connectivity index (χ1v) is 9.14. The summed E-state index contributed by atoms with van der Waals surface area (Å²) >= 11 is 0.117. The van der Waals surface area contributed by atoms with Crippen LogP contribution in [0.3, 0.4) is 0 Å². The van der Waals surface area contributed by atoms with E-state index in [9.17, 15) is 41.0 Å². The Labute approximate surface area is 173 Å². The molecule has 3 rings (SSSR count). The van der Waals surface area contributed by atoms with Crippen molar-refractivity contribution in [2.45, 2.75) is 32.1 Å². The molecular formula is C18H11F6NO5S. The summed E-state index contributed by atoms with van der Waals surface area (Å²) in [6, 6.07) is 1.55. The number of thiophene rings is 1. The minimum absolute atomic E-state index is 0.0102. The molecule has 1 aromatic rings. The zero-order valence-electron chi connectivity index (χ0n) is 15.3. The summed E-state index contributed by atoms with van der Waals surface area (Å²) in [5, 5.41) is 18.3. The Kier molecular flexibility index (Phi) is 5.50. The highest BCUT2D eigenvalue weighted by atomic mass is 32.1. The standard InChI is InChI=1S/C18H11F6NO5S/c1-6-7(4-11(26)27)13-9(25-6)5-8(19)15(28)14(13)16(29)10-2-3-12(31-10)30-18(23,24)17(20,21)22/h2-3,28H,4-5H2,1H3,(H,26,27). The van der Waals surface area contributed by atoms with E-state index in [1.54, 1.807) is 0 Å². The summed E-state index contributed by atoms with van der Waals surface area (Å²) in [6.07, 6.45) is -12.6. The second-order valence-corrected chi connectivity index (χ2v) is 7.48. The lowest BCUT2D eigenvalue weighted by atomic mass is 9.85. The number of carbonyl (C=O) groups excluding carboxylic acids is 1. The highest BCUT2D eigenvalue weighted by molar-refractivity contribution is 7.16. The van der Waals surface area contributed by atoms with Crippen LogP contribution in [0.5, 0.6) is 5.06 Å². The second-order valence-electron chi connectivity index (χ2n) is 6.44. The lowest BCUT2D eigenvalue weighted by Gasteiger charge is -2.19. The van der Waals surface area contributed by atoms with Gasteiger partial charge in [-0.3, -0.25) is 14.6 Å². The van der Waals surface area contributed by atoms with E-state index in [0.29, 0.717) is 6.07 Å². The number of ketones is 1. The van der Waals surface area contributed by atoms with E-state index in [0.717, 1.165) is 6.07 Å². The summed E-state index contributed by atoms with van der Waals surface area (Å²) in [5.74, 6) is -4.64. The number of nitrogens with zero attached hydrogens (tertiary/aromatic N) is 1. The van der Waals surface area contributed by atoms with Crippen LogP contribution in [0.2, 0.25) is 0 Å². The fraction of sp³-hybridized carbons (Fsp3) is 0.278. The van der Waals surface area contributed by atoms with Gasteiger partial charge in [0.1, 0.15) is 5.83 Å². The maximum absolute atomic E-state index is 14.2. The number of carbonyl (C=O) groups is 2. The van der Waals surface area contributed by atoms with Gasteiger partial charge in [-0.15, -0.1) is 0 Å². The fourth-order valence-corrected chi connectivity index (χ4v) is 3.81. The highest BCUT2D eigenvalue weighted by Crippen LogP contribution is 2.43. The molecule has 1 aliphatic heterocycles. The molecule has 0 bridgehead atoms. The number of carboxylic acid groups (broad SMARTS) is 1. The van der Waals surface area contributed by atoms with Crippen LogP contribution < -0.4 is 4.74 Å². The van der Waals surface area contributed by atoms with E-state index in [2.05, 4.69) is 9.73 Å². The van der Waals surface area contributed by atoms with E-state index in [1.165, 1.54) is 6.92 Å². The van der Waals surface area contributed by atoms with E-state index in [4.69, 9.17) is 5.11 Å². The molecule has 0 unspecified atom stereocenters. The summed E-state index contributed by atoms with van der Waals surface area (Å²) < 4.78 is 80.9. The lowest BCUT2D eigenvalue weighted by molar-refractivity contribution is -0.359. The zero-order valence-corrected chi connectivity index (χ0v) is 16.1. The van der Waals surface area contributed by atoms with Crippen LogP contribution >= 0.6 is 11.3 Å². The number of ether oxygens (including phenoxy) is 1. The van der Waals surface area contributed by atoms with Gasteiger partial charge in [-0.1, -0.05) is 11.3 Å². The molecule has 31 heavy (non-hydrogen) atoms. The Morgan fingerprint density at radius 3 is 2.45 bits per heavy atom. The quantitative estimate of drug-likeness (QED) is 0.448. The number of alkyl halides is 5. The van der Waals surface area contributed by atoms with Crippen LogP contribution in [-0.4, -0.2) is 40.0 Å². The maximum atomic E-state index is 14.2. The molecule has 0 atom stereocenters. The van der Waals surface area contributed by atoms with Crippen LogP contribution in [0.15, 0.2) is 51.1 Å². The van der Waals surface area contributed by atoms with E-state index in [-0.39, 0.29) is 33.9 Å². The smallest absolute Gasteiger partial charge is 0.499 e. The number of Topliss-reactive ketones (excluding diaryl/α,β-unsaturated/α-hetero) is 1. The van der Waals surface area contributed by atoms with Crippen molar-refractivity contribution in [2.24, 2.45) is 4.99 Å². The molecule has 2 heterocycles. The lowest BCUT2D eigenvalue weighted by Crippen LogP contribution is -2.41. The summed E-state index contributed by atoms with van der Waals surface area (Å²) in [5.41, 5.74) is -0.558. The minimum atomic E-state index is -6.00. The third-order valence-electron chi connectivity index (χ3n) is 4.32. The van der Waals surface area contributed by atoms with Gasteiger partial charge in [-0.05, 0) is 24.6 Å². The first-order valence-electron chi connectivity index (χ1n) is 8.33. The number of hydrogen-bond donors (Lipinski definition) is 2. The molecule has 2 aliphatic rings. The summed E-state index contributed by atoms with van der Waals surface area (Å²) in [6.45, 7) is 1.42. The molecule has 166 valence electrons. The average molecular weight is 467 g/mol. The molecule has 1 aromatic heterocycles. The van der Waals surface area contributed by atoms with Crippen molar-refractivity contribution in [2.75, 3.05) is 0 Å². The van der Waals surface area contributed by atoms with Gasteiger partial charge in [0.25, 0.3) is 0 Å². The van der Waals surface area contributed by atoms with E-state index < -0.39 is 64.0 Å². The van der Waals surface area contributed by atoms with Crippen molar-refractivity contribution in [1.82, 2.24) is 0 Å². The van der Waals surface area contributed by atoms with Gasteiger partial charge >= 0.3 is 18.3 Å². The second kappa shape index (κ2) is 7.55. The Bertz CT molecular complexity index is 1110. The zero-order chi connectivity index (χ0) is 23.3. The molecule has 0 saturated heterocycles. The van der Waals surface area contributed by atoms with Gasteiger partial charge in [0.05, 0.1) is 22.6 Å². The van der Waals surface area contributed by atoms with Crippen molar-refractivity contribution >= 4 is 28.8 Å². The Hall–Kier alpha value is -3.09. The number of hydrogen-bond acceptors (Lipinski definition) is 6. The molecule has 0 saturated carbocycles. The van der Waals surface area contributed by atoms with E-state index >= 15 is 0 Å². The molecule has 2 N–H and O–H groups in total. The van der Waals surface area contributed by atoms with E-state index in [1.807, 2.05) is 0 Å². The van der Waals surface area contributed by atoms with Crippen LogP contribution in [0.1, 0.15) is 29.4 Å². The number of carboxylic acids is 1. The molecule has 0 aromatic carbocycles. The molecule has 0 spiro atoms. The Morgan fingerprint density at radius 1 is 1.23 bits per heavy atom. The van der Waals surface area contributed by atoms with Gasteiger partial charge in [0.15, 0.2) is 10.8 Å². The number of halogens is 6. The van der Waals surface area contributed by atoms with Gasteiger partial charge in [0.2, 0.25) is 5.78 Å². The number of fused-ring (bicyclic) bond motifs is 1. The van der Waals surface area contributed by atoms with Crippen LogP contribution in [0.25, 0.3) is 0 Å². The third-order valence-corrected chi connectivity index (χ3v) is 5.28. The molecule has 0 amide bonds. The number of allylic oxidation sites excluding steroid dienone is 4. The number of aliphatic imine (C=N–C) groups is 1. The monoisotopic (exact) mass is 467 g/mol. The molecule has 13 heteroatoms. The first-order chi connectivity index (χ1) is 14.2. The van der Waals surface area contributed by atoms with Crippen LogP contribution in [0, 0.1) is 0 Å². The molecule has 6 nitrogen and oxygen atoms in total. The topological polar surface area (TPSA) is 96.2 Å². The minimum Gasteiger partial charge on any atom is -0.505 e. The van der Waals surface area contributed by atoms with Crippen molar-refractivity contribution < 1.29 is 50.9 Å². The number of aliphatic hydroxyl groups is 1. The number of aliphatic carboxylic acids is 1.